The first-order valence-electron chi connectivity index (χ1n) is 8.30. The molecule has 26 heavy (non-hydrogen) atoms. The Labute approximate surface area is 148 Å². The second-order valence-electron chi connectivity index (χ2n) is 6.88. The van der Waals surface area contributed by atoms with Crippen LogP contribution in [0.4, 0.5) is 0 Å². The highest BCUT2D eigenvalue weighted by atomic mass is 32.2. The average molecular weight is 378 g/mol. The van der Waals surface area contributed by atoms with Gasteiger partial charge in [0, 0.05) is 43.0 Å². The molecule has 0 spiro atoms. The fourth-order valence-corrected chi connectivity index (χ4v) is 5.84. The van der Waals surface area contributed by atoms with Gasteiger partial charge in [0.15, 0.2) is 4.90 Å². The van der Waals surface area contributed by atoms with Gasteiger partial charge in [-0.2, -0.15) is 4.31 Å². The van der Waals surface area contributed by atoms with Crippen LogP contribution in [0.2, 0.25) is 0 Å². The van der Waals surface area contributed by atoms with Gasteiger partial charge in [0.1, 0.15) is 0 Å². The number of rotatable bonds is 2. The van der Waals surface area contributed by atoms with E-state index in [0.717, 1.165) is 12.1 Å². The molecule has 1 fully saturated rings. The Kier molecular flexibility index (Phi) is 3.77. The highest BCUT2D eigenvalue weighted by Crippen LogP contribution is 2.36. The Morgan fingerprint density at radius 1 is 1.08 bits per heavy atom. The summed E-state index contributed by atoms with van der Waals surface area (Å²) in [5, 5.41) is 0. The van der Waals surface area contributed by atoms with Crippen molar-refractivity contribution in [2.75, 3.05) is 13.1 Å². The van der Waals surface area contributed by atoms with Crippen LogP contribution in [0.25, 0.3) is 0 Å². The van der Waals surface area contributed by atoms with E-state index < -0.39 is 26.2 Å². The quantitative estimate of drug-likeness (QED) is 0.718. The number of pyridine rings is 1. The molecule has 2 N–H and O–H groups in total. The highest BCUT2D eigenvalue weighted by molar-refractivity contribution is 7.89. The molecule has 4 heterocycles. The smallest absolute Gasteiger partial charge is 0.312 e. The van der Waals surface area contributed by atoms with Crippen molar-refractivity contribution in [3.05, 3.63) is 60.8 Å². The van der Waals surface area contributed by atoms with Crippen molar-refractivity contribution < 1.29 is 8.42 Å². The first-order valence-corrected chi connectivity index (χ1v) is 9.74. The molecule has 2 aliphatic heterocycles. The molecular weight excluding hydrogens is 360 g/mol. The maximum atomic E-state index is 13.1. The molecule has 1 saturated heterocycles. The van der Waals surface area contributed by atoms with Crippen LogP contribution in [0.5, 0.6) is 0 Å². The molecule has 0 aliphatic carbocycles. The van der Waals surface area contributed by atoms with Crippen molar-refractivity contribution in [3.63, 3.8) is 0 Å². The van der Waals surface area contributed by atoms with Crippen LogP contribution in [0, 0.1) is 12.8 Å². The third kappa shape index (κ3) is 2.56. The maximum absolute atomic E-state index is 13.1. The average Bonchev–Trinajstić information content (AvgIpc) is 2.54. The molecular formula is C16H18N4O5S. The second-order valence-corrected chi connectivity index (χ2v) is 8.76. The number of hydrogen-bond acceptors (Lipinski definition) is 5. The van der Waals surface area contributed by atoms with E-state index >= 15 is 0 Å². The Hall–Kier alpha value is -2.46. The summed E-state index contributed by atoms with van der Waals surface area (Å²) < 4.78 is 29.1. The number of piperidine rings is 1. The summed E-state index contributed by atoms with van der Waals surface area (Å²) in [5.41, 5.74) is -0.901. The highest BCUT2D eigenvalue weighted by Gasteiger charge is 2.40. The van der Waals surface area contributed by atoms with E-state index in [1.54, 1.807) is 10.6 Å². The predicted octanol–water partition coefficient (Wildman–Crippen LogP) is -0.659. The van der Waals surface area contributed by atoms with Crippen LogP contribution in [-0.4, -0.2) is 40.3 Å². The van der Waals surface area contributed by atoms with Gasteiger partial charge < -0.3 is 9.55 Å². The number of hydrogen-bond donors (Lipinski definition) is 2. The van der Waals surface area contributed by atoms with E-state index in [-0.39, 0.29) is 36.2 Å². The molecule has 2 aliphatic rings. The van der Waals surface area contributed by atoms with Crippen molar-refractivity contribution >= 4 is 10.0 Å². The Morgan fingerprint density at radius 2 is 1.85 bits per heavy atom. The van der Waals surface area contributed by atoms with Gasteiger partial charge in [0.05, 0.1) is 0 Å². The fourth-order valence-electron chi connectivity index (χ4n) is 4.08. The molecule has 0 radical (unpaired) electrons. The van der Waals surface area contributed by atoms with Crippen LogP contribution >= 0.6 is 0 Å². The molecule has 4 rings (SSSR count). The summed E-state index contributed by atoms with van der Waals surface area (Å²) in [6.07, 6.45) is 0.802. The summed E-state index contributed by atoms with van der Waals surface area (Å²) >= 11 is 0. The van der Waals surface area contributed by atoms with Crippen molar-refractivity contribution in [2.24, 2.45) is 5.92 Å². The summed E-state index contributed by atoms with van der Waals surface area (Å²) in [6.45, 7) is 2.28. The Balaban J connectivity index is 1.76. The normalized spacial score (nSPS) is 22.8. The molecule has 0 saturated carbocycles. The lowest BCUT2D eigenvalue weighted by Gasteiger charge is -2.41. The summed E-state index contributed by atoms with van der Waals surface area (Å²) in [5.74, 6) is -0.105. The summed E-state index contributed by atoms with van der Waals surface area (Å²) in [6, 6.07) is 5.03. The van der Waals surface area contributed by atoms with Gasteiger partial charge in [-0.1, -0.05) is 6.07 Å². The van der Waals surface area contributed by atoms with Gasteiger partial charge in [-0.05, 0) is 25.3 Å². The predicted molar refractivity (Wildman–Crippen MR) is 92.7 cm³/mol. The molecule has 2 atom stereocenters. The largest absolute Gasteiger partial charge is 0.325 e. The van der Waals surface area contributed by atoms with Crippen molar-refractivity contribution in [1.82, 2.24) is 18.8 Å². The van der Waals surface area contributed by atoms with Crippen molar-refractivity contribution in [1.29, 1.82) is 0 Å². The lowest BCUT2D eigenvalue weighted by Crippen LogP contribution is -2.50. The Bertz CT molecular complexity index is 1160. The van der Waals surface area contributed by atoms with E-state index in [1.807, 2.05) is 11.1 Å². The van der Waals surface area contributed by atoms with Gasteiger partial charge >= 0.3 is 5.69 Å². The van der Waals surface area contributed by atoms with Gasteiger partial charge in [-0.25, -0.2) is 13.2 Å². The first kappa shape index (κ1) is 17.0. The van der Waals surface area contributed by atoms with Crippen LogP contribution in [-0.2, 0) is 16.6 Å². The first-order chi connectivity index (χ1) is 12.3. The maximum Gasteiger partial charge on any atom is 0.325 e. The molecule has 138 valence electrons. The lowest BCUT2D eigenvalue weighted by atomic mass is 9.84. The molecule has 9 nitrogen and oxygen atoms in total. The third-order valence-electron chi connectivity index (χ3n) is 5.12. The minimum atomic E-state index is -4.06. The van der Waals surface area contributed by atoms with Crippen LogP contribution in [0.3, 0.4) is 0 Å². The number of aryl methyl sites for hydroxylation is 1. The topological polar surface area (TPSA) is 125 Å². The summed E-state index contributed by atoms with van der Waals surface area (Å²) in [7, 11) is -4.06. The molecule has 2 aromatic heterocycles. The second kappa shape index (κ2) is 5.78. The van der Waals surface area contributed by atoms with Gasteiger partial charge in [-0.3, -0.25) is 14.6 Å². The number of aromatic nitrogens is 3. The molecule has 0 aromatic carbocycles. The summed E-state index contributed by atoms with van der Waals surface area (Å²) in [4.78, 5) is 39.4. The molecule has 2 unspecified atom stereocenters. The van der Waals surface area contributed by atoms with E-state index in [2.05, 4.69) is 4.98 Å². The van der Waals surface area contributed by atoms with Crippen LogP contribution in [0.1, 0.15) is 23.7 Å². The minimum Gasteiger partial charge on any atom is -0.312 e. The zero-order valence-corrected chi connectivity index (χ0v) is 14.9. The van der Waals surface area contributed by atoms with E-state index in [9.17, 15) is 22.8 Å². The molecule has 0 amide bonds. The van der Waals surface area contributed by atoms with E-state index in [4.69, 9.17) is 0 Å². The molecule has 2 aromatic rings. The lowest BCUT2D eigenvalue weighted by molar-refractivity contribution is 0.186. The van der Waals surface area contributed by atoms with Gasteiger partial charge in [-0.15, -0.1) is 0 Å². The van der Waals surface area contributed by atoms with Crippen LogP contribution < -0.4 is 16.8 Å². The minimum absolute atomic E-state index is 0.00160. The zero-order chi connectivity index (χ0) is 18.6. The van der Waals surface area contributed by atoms with Gasteiger partial charge in [0.25, 0.3) is 11.1 Å². The zero-order valence-electron chi connectivity index (χ0n) is 14.1. The number of fused-ring (bicyclic) bond motifs is 4. The molecule has 10 heteroatoms. The third-order valence-corrected chi connectivity index (χ3v) is 7.10. The van der Waals surface area contributed by atoms with E-state index in [1.165, 1.54) is 17.3 Å². The number of nitrogens with one attached hydrogen (secondary N) is 2. The fraction of sp³-hybridized carbons (Fsp3) is 0.438. The van der Waals surface area contributed by atoms with Crippen molar-refractivity contribution in [3.8, 4) is 0 Å². The monoisotopic (exact) mass is 378 g/mol. The number of sulfonamides is 1. The van der Waals surface area contributed by atoms with Gasteiger partial charge in [0.2, 0.25) is 10.0 Å². The SMILES string of the molecule is Cc1[nH]c(=O)[nH]c(=O)c1S(=O)(=O)N1CC2CC(C1)c1cccc(=O)n1C2. The van der Waals surface area contributed by atoms with E-state index in [0.29, 0.717) is 6.54 Å². The van der Waals surface area contributed by atoms with Crippen molar-refractivity contribution in [2.45, 2.75) is 30.7 Å². The number of H-pyrrole nitrogens is 2. The standard InChI is InChI=1S/C16H18N4O5S/c1-9-14(15(22)18-16(23)17-9)26(24,25)19-6-10-5-11(8-19)12-3-2-4-13(21)20(12)7-10/h2-4,10-11H,5-8H2,1H3,(H2,17,18,22,23). The Morgan fingerprint density at radius 3 is 2.58 bits per heavy atom. The number of nitrogens with zero attached hydrogens (tertiary/aromatic N) is 2. The van der Waals surface area contributed by atoms with Crippen LogP contribution in [0.15, 0.2) is 37.5 Å². The molecule has 2 bridgehead atoms. The number of aromatic amines is 2.